The van der Waals surface area contributed by atoms with Crippen molar-refractivity contribution in [3.05, 3.63) is 11.8 Å². The van der Waals surface area contributed by atoms with E-state index in [9.17, 15) is 24.3 Å². The zero-order valence-electron chi connectivity index (χ0n) is 26.3. The van der Waals surface area contributed by atoms with Crippen molar-refractivity contribution >= 4 is 29.8 Å². The summed E-state index contributed by atoms with van der Waals surface area (Å²) in [6.45, 7) is 6.42. The van der Waals surface area contributed by atoms with Crippen molar-refractivity contribution in [2.45, 2.75) is 121 Å². The van der Waals surface area contributed by atoms with Gasteiger partial charge >= 0.3 is 17.9 Å². The summed E-state index contributed by atoms with van der Waals surface area (Å²) in [4.78, 5) is 54.3. The fourth-order valence-corrected chi connectivity index (χ4v) is 4.59. The highest BCUT2D eigenvalue weighted by Gasteiger charge is 2.54. The molecular formula is C29H49N5O10. The third kappa shape index (κ3) is 11.2. The summed E-state index contributed by atoms with van der Waals surface area (Å²) in [7, 11) is 1.28. The van der Waals surface area contributed by atoms with Crippen molar-refractivity contribution in [1.82, 2.24) is 5.32 Å². The molecule has 15 nitrogen and oxygen atoms in total. The van der Waals surface area contributed by atoms with Crippen molar-refractivity contribution in [2.24, 2.45) is 28.1 Å². The van der Waals surface area contributed by atoms with E-state index in [-0.39, 0.29) is 36.9 Å². The van der Waals surface area contributed by atoms with Crippen LogP contribution < -0.4 is 22.5 Å². The van der Waals surface area contributed by atoms with Gasteiger partial charge in [0.25, 0.3) is 5.79 Å². The number of hydrogen-bond acceptors (Lipinski definition) is 12. The number of carbonyl (C=O) groups is 4. The van der Waals surface area contributed by atoms with E-state index in [4.69, 9.17) is 40.9 Å². The molecule has 1 saturated carbocycles. The topological polar surface area (TPSA) is 237 Å². The Kier molecular flexibility index (Phi) is 14.3. The van der Waals surface area contributed by atoms with Crippen LogP contribution in [0.15, 0.2) is 16.8 Å². The number of carbonyl (C=O) groups excluding carboxylic acids is 4. The molecule has 250 valence electrons. The zero-order chi connectivity index (χ0) is 33.0. The number of aliphatic imine (C=N–C) groups is 1. The molecule has 1 aliphatic carbocycles. The molecule has 15 heteroatoms. The van der Waals surface area contributed by atoms with Gasteiger partial charge in [-0.2, -0.15) is 0 Å². The number of rotatable bonds is 18. The van der Waals surface area contributed by atoms with E-state index < -0.39 is 72.6 Å². The molecule has 1 heterocycles. The first-order chi connectivity index (χ1) is 20.7. The molecule has 2 rings (SSSR count). The fraction of sp³-hybridized carbons (Fsp3) is 0.759. The Bertz CT molecular complexity index is 1060. The lowest BCUT2D eigenvalue weighted by Gasteiger charge is -2.40. The number of ether oxygens (including phenoxy) is 5. The Morgan fingerprint density at radius 3 is 2.34 bits per heavy atom. The molecule has 0 bridgehead atoms. The van der Waals surface area contributed by atoms with Gasteiger partial charge in [0.05, 0.1) is 12.1 Å². The van der Waals surface area contributed by atoms with Crippen molar-refractivity contribution in [3.63, 3.8) is 0 Å². The third-order valence-corrected chi connectivity index (χ3v) is 7.27. The summed E-state index contributed by atoms with van der Waals surface area (Å²) in [6.07, 6.45) is 2.74. The van der Waals surface area contributed by atoms with Gasteiger partial charge < -0.3 is 51.3 Å². The molecule has 0 radical (unpaired) electrons. The molecule has 8 N–H and O–H groups in total. The summed E-state index contributed by atoms with van der Waals surface area (Å²) in [5.41, 5.74) is 17.2. The normalized spacial score (nSPS) is 22.4. The number of amides is 1. The van der Waals surface area contributed by atoms with Gasteiger partial charge in [0.15, 0.2) is 12.1 Å². The van der Waals surface area contributed by atoms with Crippen molar-refractivity contribution < 1.29 is 48.0 Å². The van der Waals surface area contributed by atoms with Gasteiger partial charge in [0.1, 0.15) is 24.9 Å². The van der Waals surface area contributed by atoms with Crippen LogP contribution in [0.2, 0.25) is 0 Å². The minimum absolute atomic E-state index is 0.197. The molecule has 0 aromatic rings. The average molecular weight is 628 g/mol. The van der Waals surface area contributed by atoms with E-state index in [0.29, 0.717) is 6.42 Å². The summed E-state index contributed by atoms with van der Waals surface area (Å²) < 4.78 is 27.7. The SMILES string of the molecule is CCCCCCCC(=O)OC[C@@H](O)[C@H](OC)[C@@H]1OC(C(=O)OC2(OC(=O)[C@H](N)C(C)C)CC2)=C[C@H](N=C(N)N)[C@H]1NC(C)=O. The van der Waals surface area contributed by atoms with Crippen LogP contribution in [-0.2, 0) is 42.9 Å². The Morgan fingerprint density at radius 1 is 1.14 bits per heavy atom. The summed E-state index contributed by atoms with van der Waals surface area (Å²) in [5, 5.41) is 13.7. The van der Waals surface area contributed by atoms with Crippen LogP contribution in [0.4, 0.5) is 0 Å². The standard InChI is InChI=1S/C29H49N5O10/c1-6-7-8-9-10-11-21(37)41-15-19(36)24(40-5)25-23(33-17(4)35)18(34-28(31)32)14-20(42-25)26(38)43-29(12-13-29)44-27(39)22(30)16(2)3/h14,16,18-19,22-25,36H,6-13,15,30H2,1-5H3,(H,33,35)(H4,31,32,34)/t18-,19+,22+,23+,24-,25+/m0/s1. The monoisotopic (exact) mass is 627 g/mol. The molecule has 0 aromatic carbocycles. The first kappa shape index (κ1) is 36.8. The van der Waals surface area contributed by atoms with Gasteiger partial charge in [-0.15, -0.1) is 0 Å². The molecule has 0 spiro atoms. The molecule has 1 aliphatic heterocycles. The number of hydrogen-bond donors (Lipinski definition) is 5. The van der Waals surface area contributed by atoms with Crippen LogP contribution in [0.1, 0.15) is 79.1 Å². The smallest absolute Gasteiger partial charge is 0.376 e. The summed E-state index contributed by atoms with van der Waals surface area (Å²) in [6, 6.07) is -3.01. The number of esters is 3. The van der Waals surface area contributed by atoms with Crippen molar-refractivity contribution in [3.8, 4) is 0 Å². The van der Waals surface area contributed by atoms with Crippen LogP contribution >= 0.6 is 0 Å². The minimum atomic E-state index is -1.51. The van der Waals surface area contributed by atoms with Crippen LogP contribution in [-0.4, -0.2) is 90.8 Å². The number of aliphatic hydroxyl groups is 1. The predicted octanol–water partition coefficient (Wildman–Crippen LogP) is 0.255. The van der Waals surface area contributed by atoms with Crippen LogP contribution in [0.3, 0.4) is 0 Å². The molecular weight excluding hydrogens is 578 g/mol. The Labute approximate surface area is 258 Å². The number of methoxy groups -OCH3 is 1. The van der Waals surface area contributed by atoms with Gasteiger partial charge in [0.2, 0.25) is 11.7 Å². The second-order valence-electron chi connectivity index (χ2n) is 11.5. The number of nitrogens with two attached hydrogens (primary N) is 3. The number of unbranched alkanes of at least 4 members (excludes halogenated alkanes) is 4. The predicted molar refractivity (Wildman–Crippen MR) is 158 cm³/mol. The van der Waals surface area contributed by atoms with Gasteiger partial charge in [-0.1, -0.05) is 46.5 Å². The van der Waals surface area contributed by atoms with E-state index in [1.807, 2.05) is 0 Å². The molecule has 2 aliphatic rings. The van der Waals surface area contributed by atoms with E-state index in [2.05, 4.69) is 17.2 Å². The lowest BCUT2D eigenvalue weighted by Crippen LogP contribution is -2.60. The lowest BCUT2D eigenvalue weighted by atomic mass is 9.92. The van der Waals surface area contributed by atoms with Crippen LogP contribution in [0, 0.1) is 5.92 Å². The number of aliphatic hydroxyl groups excluding tert-OH is 1. The zero-order valence-corrected chi connectivity index (χ0v) is 26.3. The molecule has 44 heavy (non-hydrogen) atoms. The van der Waals surface area contributed by atoms with E-state index >= 15 is 0 Å². The van der Waals surface area contributed by atoms with Crippen molar-refractivity contribution in [1.29, 1.82) is 0 Å². The van der Waals surface area contributed by atoms with E-state index in [1.165, 1.54) is 20.1 Å². The minimum Gasteiger partial charge on any atom is -0.478 e. The number of guanidine groups is 1. The second kappa shape index (κ2) is 17.2. The van der Waals surface area contributed by atoms with E-state index in [0.717, 1.165) is 25.7 Å². The Morgan fingerprint density at radius 2 is 1.80 bits per heavy atom. The highest BCUT2D eigenvalue weighted by Crippen LogP contribution is 2.42. The number of nitrogens with zero attached hydrogens (tertiary/aromatic N) is 1. The number of nitrogens with one attached hydrogen (secondary N) is 1. The highest BCUT2D eigenvalue weighted by atomic mass is 16.7. The average Bonchev–Trinajstić information content (AvgIpc) is 3.70. The highest BCUT2D eigenvalue weighted by molar-refractivity contribution is 5.88. The molecule has 0 unspecified atom stereocenters. The third-order valence-electron chi connectivity index (χ3n) is 7.27. The Balaban J connectivity index is 2.24. The lowest BCUT2D eigenvalue weighted by molar-refractivity contribution is -0.199. The summed E-state index contributed by atoms with van der Waals surface area (Å²) >= 11 is 0. The molecule has 1 fully saturated rings. The maximum Gasteiger partial charge on any atom is 0.376 e. The van der Waals surface area contributed by atoms with Gasteiger partial charge in [0, 0.05) is 33.3 Å². The molecule has 0 saturated heterocycles. The first-order valence-electron chi connectivity index (χ1n) is 15.1. The summed E-state index contributed by atoms with van der Waals surface area (Å²) in [5.74, 6) is -5.13. The quantitative estimate of drug-likeness (QED) is 0.0451. The fourth-order valence-electron chi connectivity index (χ4n) is 4.59. The van der Waals surface area contributed by atoms with Gasteiger partial charge in [-0.25, -0.2) is 9.79 Å². The van der Waals surface area contributed by atoms with E-state index in [1.54, 1.807) is 13.8 Å². The maximum atomic E-state index is 13.3. The van der Waals surface area contributed by atoms with Gasteiger partial charge in [-0.3, -0.25) is 14.4 Å². The van der Waals surface area contributed by atoms with Crippen LogP contribution in [0.25, 0.3) is 0 Å². The Hall–Kier alpha value is -3.43. The first-order valence-corrected chi connectivity index (χ1v) is 15.1. The second-order valence-corrected chi connectivity index (χ2v) is 11.5. The molecule has 6 atom stereocenters. The van der Waals surface area contributed by atoms with Crippen LogP contribution in [0.5, 0.6) is 0 Å². The van der Waals surface area contributed by atoms with Gasteiger partial charge in [-0.05, 0) is 18.4 Å². The van der Waals surface area contributed by atoms with Crippen molar-refractivity contribution in [2.75, 3.05) is 13.7 Å². The maximum absolute atomic E-state index is 13.3. The molecule has 0 aromatic heterocycles. The molecule has 1 amide bonds. The largest absolute Gasteiger partial charge is 0.478 e.